The van der Waals surface area contributed by atoms with Crippen LogP contribution in [0.2, 0.25) is 0 Å². The molecule has 14 heavy (non-hydrogen) atoms. The van der Waals surface area contributed by atoms with Gasteiger partial charge in [0.1, 0.15) is 5.54 Å². The van der Waals surface area contributed by atoms with E-state index in [1.165, 1.54) is 0 Å². The Bertz CT molecular complexity index is 221. The average molecular weight is 199 g/mol. The Hall–Kier alpha value is -0.830. The minimum Gasteiger partial charge on any atom is -0.480 e. The maximum Gasteiger partial charge on any atom is 0.323 e. The topological polar surface area (TPSA) is 40.5 Å². The largest absolute Gasteiger partial charge is 0.480 e. The molecule has 0 aliphatic rings. The summed E-state index contributed by atoms with van der Waals surface area (Å²) in [6, 6.07) is 0. The van der Waals surface area contributed by atoms with Crippen LogP contribution in [0.1, 0.15) is 34.1 Å². The van der Waals surface area contributed by atoms with Gasteiger partial charge in [-0.3, -0.25) is 9.69 Å². The molecule has 0 rings (SSSR count). The van der Waals surface area contributed by atoms with E-state index in [0.717, 1.165) is 25.1 Å². The van der Waals surface area contributed by atoms with Crippen molar-refractivity contribution in [3.05, 3.63) is 12.2 Å². The van der Waals surface area contributed by atoms with E-state index in [4.69, 9.17) is 5.11 Å². The minimum atomic E-state index is -0.788. The lowest BCUT2D eigenvalue weighted by Gasteiger charge is -2.34. The molecule has 0 aliphatic carbocycles. The van der Waals surface area contributed by atoms with Crippen molar-refractivity contribution in [1.82, 2.24) is 4.90 Å². The maximum absolute atomic E-state index is 11.0. The third kappa shape index (κ3) is 3.50. The molecule has 0 saturated carbocycles. The number of rotatable bonds is 6. The molecule has 0 fully saturated rings. The summed E-state index contributed by atoms with van der Waals surface area (Å²) in [5, 5.41) is 9.04. The van der Waals surface area contributed by atoms with Crippen LogP contribution in [-0.4, -0.2) is 34.6 Å². The Morgan fingerprint density at radius 1 is 1.50 bits per heavy atom. The molecule has 1 N–H and O–H groups in total. The normalized spacial score (nSPS) is 11.8. The molecule has 0 spiro atoms. The number of likely N-dealkylation sites (N-methyl/N-ethyl adjacent to an activating group) is 1. The first-order valence-electron chi connectivity index (χ1n) is 4.95. The highest BCUT2D eigenvalue weighted by molar-refractivity contribution is 5.77. The van der Waals surface area contributed by atoms with Crippen molar-refractivity contribution in [3.8, 4) is 0 Å². The molecule has 0 unspecified atom stereocenters. The van der Waals surface area contributed by atoms with E-state index in [0.29, 0.717) is 0 Å². The second kappa shape index (κ2) is 5.15. The lowest BCUT2D eigenvalue weighted by molar-refractivity contribution is -0.149. The van der Waals surface area contributed by atoms with Gasteiger partial charge in [0, 0.05) is 6.54 Å². The zero-order valence-electron chi connectivity index (χ0n) is 9.63. The Morgan fingerprint density at radius 2 is 2.00 bits per heavy atom. The van der Waals surface area contributed by atoms with Gasteiger partial charge in [-0.05, 0) is 33.7 Å². The van der Waals surface area contributed by atoms with Crippen molar-refractivity contribution in [2.75, 3.05) is 13.1 Å². The first kappa shape index (κ1) is 13.2. The number of carboxylic acids is 1. The van der Waals surface area contributed by atoms with Gasteiger partial charge in [0.15, 0.2) is 0 Å². The first-order valence-corrected chi connectivity index (χ1v) is 4.95. The number of hydrogen-bond donors (Lipinski definition) is 1. The summed E-state index contributed by atoms with van der Waals surface area (Å²) in [5.41, 5.74) is 0.300. The minimum absolute atomic E-state index is 0.743. The highest BCUT2D eigenvalue weighted by Crippen LogP contribution is 2.15. The number of hydrogen-bond acceptors (Lipinski definition) is 2. The van der Waals surface area contributed by atoms with Crippen molar-refractivity contribution in [1.29, 1.82) is 0 Å². The molecule has 0 atom stereocenters. The molecule has 0 heterocycles. The second-order valence-corrected chi connectivity index (χ2v) is 4.15. The predicted molar refractivity (Wildman–Crippen MR) is 58.4 cm³/mol. The Morgan fingerprint density at radius 3 is 2.29 bits per heavy atom. The molecule has 0 bridgehead atoms. The molecule has 0 aromatic heterocycles. The van der Waals surface area contributed by atoms with Crippen LogP contribution in [0.4, 0.5) is 0 Å². The number of carboxylic acid groups (broad SMARTS) is 1. The van der Waals surface area contributed by atoms with Gasteiger partial charge in [0.05, 0.1) is 0 Å². The van der Waals surface area contributed by atoms with Crippen LogP contribution in [0.5, 0.6) is 0 Å². The highest BCUT2D eigenvalue weighted by Gasteiger charge is 2.32. The summed E-state index contributed by atoms with van der Waals surface area (Å²) in [7, 11) is 0. The summed E-state index contributed by atoms with van der Waals surface area (Å²) < 4.78 is 0. The second-order valence-electron chi connectivity index (χ2n) is 4.15. The zero-order chi connectivity index (χ0) is 11.4. The Kier molecular flexibility index (Phi) is 4.85. The molecular weight excluding hydrogens is 178 g/mol. The van der Waals surface area contributed by atoms with Crippen molar-refractivity contribution in [3.63, 3.8) is 0 Å². The SMILES string of the molecule is C=C(C)CCN(CC)C(C)(C)C(=O)O. The van der Waals surface area contributed by atoms with E-state index in [1.54, 1.807) is 13.8 Å². The van der Waals surface area contributed by atoms with Gasteiger partial charge >= 0.3 is 5.97 Å². The fourth-order valence-corrected chi connectivity index (χ4v) is 1.29. The molecule has 0 aromatic rings. The summed E-state index contributed by atoms with van der Waals surface area (Å²) in [6.07, 6.45) is 0.852. The molecule has 3 nitrogen and oxygen atoms in total. The van der Waals surface area contributed by atoms with E-state index in [-0.39, 0.29) is 0 Å². The summed E-state index contributed by atoms with van der Waals surface area (Å²) in [6.45, 7) is 12.7. The smallest absolute Gasteiger partial charge is 0.323 e. The number of carbonyl (C=O) groups is 1. The van der Waals surface area contributed by atoms with Gasteiger partial charge in [-0.1, -0.05) is 12.5 Å². The molecule has 3 heteroatoms. The monoisotopic (exact) mass is 199 g/mol. The van der Waals surface area contributed by atoms with Crippen molar-refractivity contribution in [2.24, 2.45) is 0 Å². The molecular formula is C11H21NO2. The molecule has 0 aliphatic heterocycles. The summed E-state index contributed by atoms with van der Waals surface area (Å²) in [4.78, 5) is 13.0. The summed E-state index contributed by atoms with van der Waals surface area (Å²) in [5.74, 6) is -0.777. The van der Waals surface area contributed by atoms with E-state index in [1.807, 2.05) is 18.7 Å². The number of nitrogens with zero attached hydrogens (tertiary/aromatic N) is 1. The molecule has 0 radical (unpaired) electrons. The average Bonchev–Trinajstić information content (AvgIpc) is 2.04. The molecule has 0 aromatic carbocycles. The van der Waals surface area contributed by atoms with Gasteiger partial charge < -0.3 is 5.11 Å². The van der Waals surface area contributed by atoms with Crippen LogP contribution >= 0.6 is 0 Å². The van der Waals surface area contributed by atoms with Crippen LogP contribution in [0.3, 0.4) is 0 Å². The quantitative estimate of drug-likeness (QED) is 0.666. The lowest BCUT2D eigenvalue weighted by Crippen LogP contribution is -2.50. The van der Waals surface area contributed by atoms with Crippen LogP contribution in [-0.2, 0) is 4.79 Å². The van der Waals surface area contributed by atoms with E-state index in [2.05, 4.69) is 6.58 Å². The number of aliphatic carboxylic acids is 1. The third-order valence-corrected chi connectivity index (χ3v) is 2.50. The molecule has 0 saturated heterocycles. The van der Waals surface area contributed by atoms with Gasteiger partial charge in [-0.25, -0.2) is 0 Å². The maximum atomic E-state index is 11.0. The van der Waals surface area contributed by atoms with Crippen LogP contribution in [0, 0.1) is 0 Å². The van der Waals surface area contributed by atoms with Gasteiger partial charge in [0.2, 0.25) is 0 Å². The van der Waals surface area contributed by atoms with Crippen LogP contribution in [0.25, 0.3) is 0 Å². The predicted octanol–water partition coefficient (Wildman–Crippen LogP) is 2.14. The standard InChI is InChI=1S/C11H21NO2/c1-6-12(8-7-9(2)3)11(4,5)10(13)14/h2,6-8H2,1,3-5H3,(H,13,14). The van der Waals surface area contributed by atoms with Crippen molar-refractivity contribution < 1.29 is 9.90 Å². The van der Waals surface area contributed by atoms with Crippen LogP contribution in [0.15, 0.2) is 12.2 Å². The highest BCUT2D eigenvalue weighted by atomic mass is 16.4. The van der Waals surface area contributed by atoms with E-state index < -0.39 is 11.5 Å². The molecule has 0 amide bonds. The lowest BCUT2D eigenvalue weighted by atomic mass is 10.0. The summed E-state index contributed by atoms with van der Waals surface area (Å²) >= 11 is 0. The fraction of sp³-hybridized carbons (Fsp3) is 0.727. The van der Waals surface area contributed by atoms with E-state index in [9.17, 15) is 4.79 Å². The zero-order valence-corrected chi connectivity index (χ0v) is 9.63. The Balaban J connectivity index is 4.39. The molecule has 82 valence electrons. The van der Waals surface area contributed by atoms with E-state index >= 15 is 0 Å². The van der Waals surface area contributed by atoms with Crippen molar-refractivity contribution in [2.45, 2.75) is 39.7 Å². The Labute approximate surface area is 86.4 Å². The fourth-order valence-electron chi connectivity index (χ4n) is 1.29. The third-order valence-electron chi connectivity index (χ3n) is 2.50. The van der Waals surface area contributed by atoms with Gasteiger partial charge in [-0.15, -0.1) is 6.58 Å². The van der Waals surface area contributed by atoms with Gasteiger partial charge in [0.25, 0.3) is 0 Å². The van der Waals surface area contributed by atoms with Gasteiger partial charge in [-0.2, -0.15) is 0 Å². The first-order chi connectivity index (χ1) is 6.32. The van der Waals surface area contributed by atoms with Crippen LogP contribution < -0.4 is 0 Å². The van der Waals surface area contributed by atoms with Crippen molar-refractivity contribution >= 4 is 5.97 Å².